The first-order chi connectivity index (χ1) is 6.65. The molecular weight excluding hydrogens is 172 g/mol. The Bertz CT molecular complexity index is 187. The van der Waals surface area contributed by atoms with E-state index in [1.807, 2.05) is 7.05 Å². The van der Waals surface area contributed by atoms with Gasteiger partial charge in [-0.3, -0.25) is 4.90 Å². The summed E-state index contributed by atoms with van der Waals surface area (Å²) in [5, 5.41) is 3.17. The zero-order valence-electron chi connectivity index (χ0n) is 9.84. The Morgan fingerprint density at radius 1 is 1.57 bits per heavy atom. The number of nitrogens with zero attached hydrogens (tertiary/aromatic N) is 1. The van der Waals surface area contributed by atoms with Gasteiger partial charge in [0.2, 0.25) is 0 Å². The molecule has 1 atom stereocenters. The van der Waals surface area contributed by atoms with Crippen molar-refractivity contribution >= 4 is 0 Å². The highest BCUT2D eigenvalue weighted by atomic mass is 15.2. The van der Waals surface area contributed by atoms with E-state index in [4.69, 9.17) is 0 Å². The largest absolute Gasteiger partial charge is 0.316 e. The fourth-order valence-electron chi connectivity index (χ4n) is 2.41. The molecule has 1 fully saturated rings. The Morgan fingerprint density at radius 2 is 2.29 bits per heavy atom. The van der Waals surface area contributed by atoms with Gasteiger partial charge in [-0.1, -0.05) is 12.2 Å². The van der Waals surface area contributed by atoms with Crippen LogP contribution in [0.3, 0.4) is 0 Å². The maximum Gasteiger partial charge on any atom is 0.0159 e. The van der Waals surface area contributed by atoms with E-state index in [-0.39, 0.29) is 0 Å². The van der Waals surface area contributed by atoms with Gasteiger partial charge in [0, 0.05) is 18.6 Å². The second kappa shape index (κ2) is 5.52. The maximum absolute atomic E-state index is 4.11. The van der Waals surface area contributed by atoms with E-state index in [9.17, 15) is 0 Å². The highest BCUT2D eigenvalue weighted by molar-refractivity contribution is 5.01. The van der Waals surface area contributed by atoms with Crippen molar-refractivity contribution in [3.63, 3.8) is 0 Å². The monoisotopic (exact) mass is 196 g/mol. The van der Waals surface area contributed by atoms with Crippen molar-refractivity contribution in [3.05, 3.63) is 12.2 Å². The smallest absolute Gasteiger partial charge is 0.0159 e. The van der Waals surface area contributed by atoms with E-state index in [0.717, 1.165) is 12.6 Å². The Balaban J connectivity index is 2.39. The standard InChI is InChI=1S/C12H24N2/c1-10(2)14-7-5-6-12(14)8-11(3)9-13-4/h10,12-13H,3,5-9H2,1-2,4H3. The first-order valence-corrected chi connectivity index (χ1v) is 5.72. The summed E-state index contributed by atoms with van der Waals surface area (Å²) in [6, 6.07) is 1.43. The molecule has 0 aliphatic carbocycles. The van der Waals surface area contributed by atoms with Crippen molar-refractivity contribution in [1.29, 1.82) is 0 Å². The molecule has 1 unspecified atom stereocenters. The Kier molecular flexibility index (Phi) is 4.63. The number of hydrogen-bond acceptors (Lipinski definition) is 2. The Labute approximate surface area is 88.4 Å². The molecule has 0 aromatic heterocycles. The summed E-state index contributed by atoms with van der Waals surface area (Å²) in [5.41, 5.74) is 1.34. The molecule has 1 rings (SSSR count). The minimum atomic E-state index is 0.685. The summed E-state index contributed by atoms with van der Waals surface area (Å²) in [6.45, 7) is 10.9. The van der Waals surface area contributed by atoms with Crippen LogP contribution in [0.4, 0.5) is 0 Å². The molecule has 14 heavy (non-hydrogen) atoms. The third-order valence-corrected chi connectivity index (χ3v) is 3.04. The topological polar surface area (TPSA) is 15.3 Å². The fourth-order valence-corrected chi connectivity index (χ4v) is 2.41. The molecule has 1 heterocycles. The van der Waals surface area contributed by atoms with Crippen molar-refractivity contribution in [3.8, 4) is 0 Å². The quantitative estimate of drug-likeness (QED) is 0.677. The molecule has 0 aromatic rings. The molecule has 2 heteroatoms. The van der Waals surface area contributed by atoms with Gasteiger partial charge in [-0.25, -0.2) is 0 Å². The molecule has 0 saturated carbocycles. The van der Waals surface area contributed by atoms with E-state index in [1.54, 1.807) is 0 Å². The van der Waals surface area contributed by atoms with Crippen LogP contribution in [-0.2, 0) is 0 Å². The van der Waals surface area contributed by atoms with Gasteiger partial charge >= 0.3 is 0 Å². The molecule has 2 nitrogen and oxygen atoms in total. The predicted octanol–water partition coefficient (Wildman–Crippen LogP) is 2.02. The predicted molar refractivity (Wildman–Crippen MR) is 62.5 cm³/mol. The van der Waals surface area contributed by atoms with Crippen molar-refractivity contribution in [1.82, 2.24) is 10.2 Å². The SMILES string of the molecule is C=C(CNC)CC1CCCN1C(C)C. The van der Waals surface area contributed by atoms with Gasteiger partial charge in [0.15, 0.2) is 0 Å². The van der Waals surface area contributed by atoms with Gasteiger partial charge in [-0.2, -0.15) is 0 Å². The number of rotatable bonds is 5. The molecule has 0 radical (unpaired) electrons. The van der Waals surface area contributed by atoms with Gasteiger partial charge in [-0.15, -0.1) is 0 Å². The summed E-state index contributed by atoms with van der Waals surface area (Å²) >= 11 is 0. The Hall–Kier alpha value is -0.340. The van der Waals surface area contributed by atoms with Gasteiger partial charge in [0.05, 0.1) is 0 Å². The zero-order valence-corrected chi connectivity index (χ0v) is 9.84. The van der Waals surface area contributed by atoms with Crippen LogP contribution < -0.4 is 5.32 Å². The summed E-state index contributed by atoms with van der Waals surface area (Å²) in [5.74, 6) is 0. The van der Waals surface area contributed by atoms with Crippen LogP contribution in [0.5, 0.6) is 0 Å². The maximum atomic E-state index is 4.11. The van der Waals surface area contributed by atoms with Crippen LogP contribution in [0.25, 0.3) is 0 Å². The van der Waals surface area contributed by atoms with Gasteiger partial charge in [0.1, 0.15) is 0 Å². The van der Waals surface area contributed by atoms with Crippen molar-refractivity contribution in [2.45, 2.75) is 45.2 Å². The molecule has 0 spiro atoms. The summed E-state index contributed by atoms with van der Waals surface area (Å²) in [7, 11) is 1.99. The molecule has 0 bridgehead atoms. The molecular formula is C12H24N2. The van der Waals surface area contributed by atoms with Crippen molar-refractivity contribution in [2.24, 2.45) is 0 Å². The number of likely N-dealkylation sites (N-methyl/N-ethyl adjacent to an activating group) is 1. The Morgan fingerprint density at radius 3 is 2.86 bits per heavy atom. The normalized spacial score (nSPS) is 23.3. The average Bonchev–Trinajstić information content (AvgIpc) is 2.52. The molecule has 0 aromatic carbocycles. The fraction of sp³-hybridized carbons (Fsp3) is 0.833. The lowest BCUT2D eigenvalue weighted by Crippen LogP contribution is -2.36. The number of likely N-dealkylation sites (tertiary alicyclic amines) is 1. The van der Waals surface area contributed by atoms with Gasteiger partial charge < -0.3 is 5.32 Å². The highest BCUT2D eigenvalue weighted by Gasteiger charge is 2.26. The summed E-state index contributed by atoms with van der Waals surface area (Å²) in [4.78, 5) is 2.61. The van der Waals surface area contributed by atoms with E-state index in [0.29, 0.717) is 6.04 Å². The minimum absolute atomic E-state index is 0.685. The van der Waals surface area contributed by atoms with Crippen LogP contribution in [0.2, 0.25) is 0 Å². The average molecular weight is 196 g/mol. The van der Waals surface area contributed by atoms with Crippen molar-refractivity contribution in [2.75, 3.05) is 20.1 Å². The van der Waals surface area contributed by atoms with Crippen LogP contribution in [0, 0.1) is 0 Å². The molecule has 0 amide bonds. The van der Waals surface area contributed by atoms with Crippen molar-refractivity contribution < 1.29 is 0 Å². The molecule has 1 aliphatic heterocycles. The third-order valence-electron chi connectivity index (χ3n) is 3.04. The number of nitrogens with one attached hydrogen (secondary N) is 1. The van der Waals surface area contributed by atoms with Crippen LogP contribution in [0.1, 0.15) is 33.1 Å². The highest BCUT2D eigenvalue weighted by Crippen LogP contribution is 2.24. The first kappa shape index (κ1) is 11.7. The number of hydrogen-bond donors (Lipinski definition) is 1. The summed E-state index contributed by atoms with van der Waals surface area (Å²) in [6.07, 6.45) is 3.87. The van der Waals surface area contributed by atoms with E-state index < -0.39 is 0 Å². The molecule has 1 N–H and O–H groups in total. The van der Waals surface area contributed by atoms with Gasteiger partial charge in [-0.05, 0) is 46.7 Å². The van der Waals surface area contributed by atoms with E-state index in [2.05, 4.69) is 30.6 Å². The summed E-state index contributed by atoms with van der Waals surface area (Å²) < 4.78 is 0. The van der Waals surface area contributed by atoms with Gasteiger partial charge in [0.25, 0.3) is 0 Å². The molecule has 82 valence electrons. The van der Waals surface area contributed by atoms with Crippen LogP contribution >= 0.6 is 0 Å². The lowest BCUT2D eigenvalue weighted by molar-refractivity contribution is 0.202. The second-order valence-corrected chi connectivity index (χ2v) is 4.61. The zero-order chi connectivity index (χ0) is 10.6. The lowest BCUT2D eigenvalue weighted by Gasteiger charge is -2.28. The first-order valence-electron chi connectivity index (χ1n) is 5.72. The van der Waals surface area contributed by atoms with Crippen LogP contribution in [-0.4, -0.2) is 37.1 Å². The molecule has 1 saturated heterocycles. The third kappa shape index (κ3) is 3.10. The molecule has 1 aliphatic rings. The van der Waals surface area contributed by atoms with E-state index >= 15 is 0 Å². The second-order valence-electron chi connectivity index (χ2n) is 4.61. The lowest BCUT2D eigenvalue weighted by atomic mass is 10.0. The van der Waals surface area contributed by atoms with Crippen LogP contribution in [0.15, 0.2) is 12.2 Å². The minimum Gasteiger partial charge on any atom is -0.316 e. The van der Waals surface area contributed by atoms with E-state index in [1.165, 1.54) is 31.4 Å².